The number of anilines is 1. The second kappa shape index (κ2) is 6.40. The number of nitrogens with one attached hydrogen (secondary N) is 2. The molecule has 0 fully saturated rings. The van der Waals surface area contributed by atoms with Crippen molar-refractivity contribution in [1.82, 2.24) is 29.9 Å². The predicted octanol–water partition coefficient (Wildman–Crippen LogP) is 4.20. The molecule has 5 heterocycles. The molecular formula is C19H15N7S. The number of thiophene rings is 1. The van der Waals surface area contributed by atoms with E-state index in [2.05, 4.69) is 54.7 Å². The van der Waals surface area contributed by atoms with Crippen LogP contribution in [-0.2, 0) is 0 Å². The van der Waals surface area contributed by atoms with Gasteiger partial charge in [-0.3, -0.25) is 4.98 Å². The number of nitrogens with zero attached hydrogens (tertiary/aromatic N) is 5. The average molecular weight is 373 g/mol. The Balaban J connectivity index is 1.61. The van der Waals surface area contributed by atoms with Crippen molar-refractivity contribution in [1.29, 1.82) is 0 Å². The van der Waals surface area contributed by atoms with Gasteiger partial charge in [-0.2, -0.15) is 0 Å². The number of aromatic amines is 1. The summed E-state index contributed by atoms with van der Waals surface area (Å²) in [6.45, 7) is 2.09. The summed E-state index contributed by atoms with van der Waals surface area (Å²) in [7, 11) is 0. The van der Waals surface area contributed by atoms with E-state index < -0.39 is 0 Å². The first-order valence-electron chi connectivity index (χ1n) is 8.50. The van der Waals surface area contributed by atoms with Crippen LogP contribution in [0.5, 0.6) is 0 Å². The first kappa shape index (κ1) is 15.8. The lowest BCUT2D eigenvalue weighted by atomic mass is 10.0. The van der Waals surface area contributed by atoms with Crippen molar-refractivity contribution in [3.8, 4) is 11.4 Å². The molecule has 0 bridgehead atoms. The zero-order valence-electron chi connectivity index (χ0n) is 14.4. The highest BCUT2D eigenvalue weighted by atomic mass is 32.1. The second-order valence-electron chi connectivity index (χ2n) is 6.14. The number of aromatic nitrogens is 6. The molecule has 5 aromatic rings. The summed E-state index contributed by atoms with van der Waals surface area (Å²) in [4.78, 5) is 26.3. The number of imidazole rings is 1. The zero-order chi connectivity index (χ0) is 18.2. The smallest absolute Gasteiger partial charge is 0.162 e. The summed E-state index contributed by atoms with van der Waals surface area (Å²) in [6, 6.07) is 10.1. The monoisotopic (exact) mass is 373 g/mol. The Hall–Kier alpha value is -3.39. The summed E-state index contributed by atoms with van der Waals surface area (Å²) in [5, 5.41) is 6.63. The molecule has 27 heavy (non-hydrogen) atoms. The number of H-pyrrole nitrogens is 1. The Labute approximate surface area is 158 Å². The molecule has 2 N–H and O–H groups in total. The highest BCUT2D eigenvalue weighted by molar-refractivity contribution is 7.16. The molecule has 0 saturated carbocycles. The largest absolute Gasteiger partial charge is 0.362 e. The molecule has 0 aliphatic rings. The van der Waals surface area contributed by atoms with E-state index in [1.807, 2.05) is 18.2 Å². The number of fused-ring (bicyclic) bond motifs is 2. The van der Waals surface area contributed by atoms with Gasteiger partial charge in [0.1, 0.15) is 16.7 Å². The lowest BCUT2D eigenvalue weighted by molar-refractivity contribution is 0.872. The number of hydrogen-bond acceptors (Lipinski definition) is 7. The lowest BCUT2D eigenvalue weighted by Crippen LogP contribution is -2.11. The topological polar surface area (TPSA) is 92.3 Å². The maximum Gasteiger partial charge on any atom is 0.162 e. The molecule has 0 aromatic carbocycles. The molecule has 1 unspecified atom stereocenters. The Morgan fingerprint density at radius 2 is 2.07 bits per heavy atom. The third-order valence-corrected chi connectivity index (χ3v) is 5.24. The molecule has 0 saturated heterocycles. The van der Waals surface area contributed by atoms with Crippen LogP contribution in [0.15, 0.2) is 54.6 Å². The van der Waals surface area contributed by atoms with Crippen molar-refractivity contribution >= 4 is 38.5 Å². The van der Waals surface area contributed by atoms with Crippen LogP contribution in [0.3, 0.4) is 0 Å². The SMILES string of the molecule is CC(Nc1ncnc2[nH]cnc12)c1cc2ccsc2nc1-c1ccccn1. The van der Waals surface area contributed by atoms with Crippen LogP contribution in [0.2, 0.25) is 0 Å². The Morgan fingerprint density at radius 1 is 1.11 bits per heavy atom. The van der Waals surface area contributed by atoms with Gasteiger partial charge in [-0.05, 0) is 36.6 Å². The third kappa shape index (κ3) is 2.80. The van der Waals surface area contributed by atoms with Crippen LogP contribution < -0.4 is 5.32 Å². The molecule has 5 aromatic heterocycles. The summed E-state index contributed by atoms with van der Waals surface area (Å²) in [6.07, 6.45) is 4.93. The molecular weight excluding hydrogens is 358 g/mol. The fourth-order valence-corrected chi connectivity index (χ4v) is 3.86. The Bertz CT molecular complexity index is 1230. The molecule has 132 valence electrons. The van der Waals surface area contributed by atoms with Gasteiger partial charge < -0.3 is 10.3 Å². The van der Waals surface area contributed by atoms with E-state index in [1.165, 1.54) is 6.33 Å². The van der Waals surface area contributed by atoms with Crippen LogP contribution in [0.4, 0.5) is 5.82 Å². The zero-order valence-corrected chi connectivity index (χ0v) is 15.2. The van der Waals surface area contributed by atoms with Crippen LogP contribution in [0, 0.1) is 0 Å². The highest BCUT2D eigenvalue weighted by Crippen LogP contribution is 2.32. The minimum Gasteiger partial charge on any atom is -0.362 e. The highest BCUT2D eigenvalue weighted by Gasteiger charge is 2.18. The lowest BCUT2D eigenvalue weighted by Gasteiger charge is -2.18. The molecule has 1 atom stereocenters. The molecule has 0 aliphatic carbocycles. The first-order chi connectivity index (χ1) is 13.3. The van der Waals surface area contributed by atoms with Crippen molar-refractivity contribution in [3.05, 3.63) is 60.1 Å². The van der Waals surface area contributed by atoms with Gasteiger partial charge in [0.15, 0.2) is 11.5 Å². The van der Waals surface area contributed by atoms with E-state index in [4.69, 9.17) is 4.98 Å². The van der Waals surface area contributed by atoms with Crippen LogP contribution in [0.1, 0.15) is 18.5 Å². The fraction of sp³-hybridized carbons (Fsp3) is 0.105. The Morgan fingerprint density at radius 3 is 2.96 bits per heavy atom. The van der Waals surface area contributed by atoms with E-state index in [-0.39, 0.29) is 6.04 Å². The van der Waals surface area contributed by atoms with E-state index in [0.717, 1.165) is 27.2 Å². The number of hydrogen-bond donors (Lipinski definition) is 2. The first-order valence-corrected chi connectivity index (χ1v) is 9.38. The minimum absolute atomic E-state index is 0.0476. The van der Waals surface area contributed by atoms with E-state index in [1.54, 1.807) is 23.9 Å². The minimum atomic E-state index is -0.0476. The molecule has 0 aliphatic heterocycles. The quantitative estimate of drug-likeness (QED) is 0.490. The van der Waals surface area contributed by atoms with Gasteiger partial charge in [0, 0.05) is 17.1 Å². The molecule has 0 radical (unpaired) electrons. The van der Waals surface area contributed by atoms with Crippen LogP contribution in [0.25, 0.3) is 32.8 Å². The van der Waals surface area contributed by atoms with Gasteiger partial charge in [-0.1, -0.05) is 6.07 Å². The van der Waals surface area contributed by atoms with E-state index >= 15 is 0 Å². The second-order valence-corrected chi connectivity index (χ2v) is 7.04. The standard InChI is InChI=1S/C19H15N7S/c1-11(25-18-16-17(22-9-21-16)23-10-24-18)13-8-12-5-7-27-19(12)26-15(13)14-4-2-3-6-20-14/h2-11H,1H3,(H2,21,22,23,24,25). The maximum atomic E-state index is 4.88. The van der Waals surface area contributed by atoms with Gasteiger partial charge in [0.25, 0.3) is 0 Å². The van der Waals surface area contributed by atoms with Crippen molar-refractivity contribution in [2.24, 2.45) is 0 Å². The summed E-state index contributed by atoms with van der Waals surface area (Å²) >= 11 is 1.63. The number of rotatable bonds is 4. The summed E-state index contributed by atoms with van der Waals surface area (Å²) in [5.74, 6) is 0.686. The van der Waals surface area contributed by atoms with Gasteiger partial charge in [0.05, 0.1) is 23.8 Å². The van der Waals surface area contributed by atoms with E-state index in [9.17, 15) is 0 Å². The number of pyridine rings is 2. The summed E-state index contributed by atoms with van der Waals surface area (Å²) in [5.41, 5.74) is 4.20. The van der Waals surface area contributed by atoms with Gasteiger partial charge in [0.2, 0.25) is 0 Å². The molecule has 0 amide bonds. The van der Waals surface area contributed by atoms with Gasteiger partial charge in [-0.25, -0.2) is 19.9 Å². The molecule has 8 heteroatoms. The molecule has 0 spiro atoms. The summed E-state index contributed by atoms with van der Waals surface area (Å²) < 4.78 is 0. The van der Waals surface area contributed by atoms with Crippen molar-refractivity contribution in [2.45, 2.75) is 13.0 Å². The van der Waals surface area contributed by atoms with Gasteiger partial charge in [-0.15, -0.1) is 11.3 Å². The van der Waals surface area contributed by atoms with Gasteiger partial charge >= 0.3 is 0 Å². The average Bonchev–Trinajstić information content (AvgIpc) is 3.37. The third-order valence-electron chi connectivity index (χ3n) is 4.42. The van der Waals surface area contributed by atoms with Crippen LogP contribution >= 0.6 is 11.3 Å². The predicted molar refractivity (Wildman–Crippen MR) is 107 cm³/mol. The van der Waals surface area contributed by atoms with Crippen molar-refractivity contribution < 1.29 is 0 Å². The van der Waals surface area contributed by atoms with Crippen molar-refractivity contribution in [3.63, 3.8) is 0 Å². The molecule has 5 rings (SSSR count). The van der Waals surface area contributed by atoms with Crippen molar-refractivity contribution in [2.75, 3.05) is 5.32 Å². The Kier molecular flexibility index (Phi) is 3.75. The molecule has 7 nitrogen and oxygen atoms in total. The maximum absolute atomic E-state index is 4.88. The fourth-order valence-electron chi connectivity index (χ4n) is 3.11. The van der Waals surface area contributed by atoms with E-state index in [0.29, 0.717) is 17.0 Å². The normalized spacial score (nSPS) is 12.5. The van der Waals surface area contributed by atoms with Crippen LogP contribution in [-0.4, -0.2) is 29.9 Å².